The van der Waals surface area contributed by atoms with Crippen LogP contribution in [0.1, 0.15) is 57.8 Å². The molecule has 0 aromatic rings. The first-order valence-electron chi connectivity index (χ1n) is 9.38. The molecule has 2 atom stereocenters. The zero-order chi connectivity index (χ0) is 15.5. The molecular weight excluding hydrogens is 345 g/mol. The van der Waals surface area contributed by atoms with Gasteiger partial charge in [0.15, 0.2) is 0 Å². The molecule has 0 radical (unpaired) electrons. The summed E-state index contributed by atoms with van der Waals surface area (Å²) < 4.78 is 0. The molecule has 1 amide bonds. The summed E-state index contributed by atoms with van der Waals surface area (Å²) in [6.45, 7) is 1.78. The van der Waals surface area contributed by atoms with Gasteiger partial charge >= 0.3 is 0 Å². The highest BCUT2D eigenvalue weighted by Gasteiger charge is 2.40. The predicted molar refractivity (Wildman–Crippen MR) is 104 cm³/mol. The van der Waals surface area contributed by atoms with Gasteiger partial charge in [0.05, 0.1) is 0 Å². The molecule has 0 aromatic heterocycles. The molecule has 3 saturated carbocycles. The van der Waals surface area contributed by atoms with E-state index in [1.807, 2.05) is 0 Å². The van der Waals surface area contributed by atoms with E-state index in [0.717, 1.165) is 32.0 Å². The van der Waals surface area contributed by atoms with E-state index in [9.17, 15) is 4.79 Å². The molecule has 2 unspecified atom stereocenters. The van der Waals surface area contributed by atoms with Gasteiger partial charge in [-0.1, -0.05) is 19.3 Å². The monoisotopic (exact) mass is 379 g/mol. The van der Waals surface area contributed by atoms with Crippen LogP contribution in [0.5, 0.6) is 0 Å². The summed E-state index contributed by atoms with van der Waals surface area (Å²) in [6, 6.07) is 1.09. The highest BCUT2D eigenvalue weighted by Crippen LogP contribution is 2.41. The molecule has 3 fully saturated rings. The third-order valence-electron chi connectivity index (χ3n) is 6.50. The van der Waals surface area contributed by atoms with Crippen LogP contribution >= 0.6 is 24.8 Å². The lowest BCUT2D eigenvalue weighted by molar-refractivity contribution is -0.127. The van der Waals surface area contributed by atoms with Gasteiger partial charge < -0.3 is 16.0 Å². The number of likely N-dealkylation sites (N-methyl/N-ethyl adjacent to an activating group) is 1. The number of halogens is 2. The van der Waals surface area contributed by atoms with Crippen LogP contribution in [0.15, 0.2) is 0 Å². The van der Waals surface area contributed by atoms with Gasteiger partial charge in [-0.15, -0.1) is 24.8 Å². The number of amides is 1. The molecule has 142 valence electrons. The standard InChI is InChI=1S/C18H33N3O.2ClH/c1-21(16-7-2-3-8-16)10-9-20-18(22)15-11-13-5-4-6-14(12-15)17(13)19;;/h13-17H,2-12,19H2,1H3,(H,20,22);2*1H. The topological polar surface area (TPSA) is 58.4 Å². The van der Waals surface area contributed by atoms with Crippen molar-refractivity contribution < 1.29 is 4.79 Å². The van der Waals surface area contributed by atoms with Gasteiger partial charge in [0, 0.05) is 31.1 Å². The van der Waals surface area contributed by atoms with Crippen LogP contribution in [-0.4, -0.2) is 43.0 Å². The van der Waals surface area contributed by atoms with Crippen molar-refractivity contribution >= 4 is 30.7 Å². The Morgan fingerprint density at radius 2 is 1.62 bits per heavy atom. The third-order valence-corrected chi connectivity index (χ3v) is 6.50. The van der Waals surface area contributed by atoms with Gasteiger partial charge in [0.25, 0.3) is 0 Å². The minimum absolute atomic E-state index is 0. The summed E-state index contributed by atoms with van der Waals surface area (Å²) in [7, 11) is 2.20. The normalized spacial score (nSPS) is 32.8. The average Bonchev–Trinajstić information content (AvgIpc) is 3.01. The summed E-state index contributed by atoms with van der Waals surface area (Å²) in [5, 5.41) is 3.19. The Kier molecular flexibility index (Phi) is 9.35. The highest BCUT2D eigenvalue weighted by atomic mass is 35.5. The largest absolute Gasteiger partial charge is 0.355 e. The fraction of sp³-hybridized carbons (Fsp3) is 0.944. The Balaban J connectivity index is 0.00000144. The quantitative estimate of drug-likeness (QED) is 0.771. The van der Waals surface area contributed by atoms with Crippen molar-refractivity contribution in [2.45, 2.75) is 69.9 Å². The van der Waals surface area contributed by atoms with Crippen molar-refractivity contribution in [2.24, 2.45) is 23.5 Å². The van der Waals surface area contributed by atoms with Gasteiger partial charge in [0.2, 0.25) is 5.91 Å². The third kappa shape index (κ3) is 5.23. The molecule has 0 heterocycles. The van der Waals surface area contributed by atoms with Crippen molar-refractivity contribution in [2.75, 3.05) is 20.1 Å². The van der Waals surface area contributed by atoms with E-state index in [1.165, 1.54) is 44.9 Å². The molecule has 6 heteroatoms. The number of carbonyl (C=O) groups excluding carboxylic acids is 1. The van der Waals surface area contributed by atoms with Crippen LogP contribution in [-0.2, 0) is 4.79 Å². The van der Waals surface area contributed by atoms with E-state index in [4.69, 9.17) is 5.73 Å². The Morgan fingerprint density at radius 3 is 2.21 bits per heavy atom. The Morgan fingerprint density at radius 1 is 1.04 bits per heavy atom. The number of hydrogen-bond acceptors (Lipinski definition) is 3. The predicted octanol–water partition coefficient (Wildman–Crippen LogP) is 2.97. The molecule has 3 aliphatic rings. The molecular formula is C18H35Cl2N3O. The number of nitrogens with one attached hydrogen (secondary N) is 1. The van der Waals surface area contributed by atoms with E-state index in [0.29, 0.717) is 17.9 Å². The van der Waals surface area contributed by atoms with Crippen LogP contribution in [0.3, 0.4) is 0 Å². The molecule has 3 aliphatic carbocycles. The van der Waals surface area contributed by atoms with Crippen LogP contribution in [0.25, 0.3) is 0 Å². The van der Waals surface area contributed by atoms with Crippen molar-refractivity contribution in [1.29, 1.82) is 0 Å². The van der Waals surface area contributed by atoms with Crippen molar-refractivity contribution in [1.82, 2.24) is 10.2 Å². The lowest BCUT2D eigenvalue weighted by Crippen LogP contribution is -2.49. The van der Waals surface area contributed by atoms with Crippen LogP contribution in [0.4, 0.5) is 0 Å². The summed E-state index contributed by atoms with van der Waals surface area (Å²) in [6.07, 6.45) is 11.2. The second-order valence-corrected chi connectivity index (χ2v) is 7.91. The first-order chi connectivity index (χ1) is 10.6. The number of nitrogens with zero attached hydrogens (tertiary/aromatic N) is 1. The maximum atomic E-state index is 12.5. The molecule has 3 N–H and O–H groups in total. The fourth-order valence-corrected chi connectivity index (χ4v) is 5.03. The molecule has 2 bridgehead atoms. The SMILES string of the molecule is CN(CCNC(=O)C1CC2CCCC(C1)C2N)C1CCCC1.Cl.Cl. The Hall–Kier alpha value is -0.0300. The number of hydrogen-bond donors (Lipinski definition) is 2. The van der Waals surface area contributed by atoms with Gasteiger partial charge in [-0.3, -0.25) is 4.79 Å². The van der Waals surface area contributed by atoms with E-state index >= 15 is 0 Å². The van der Waals surface area contributed by atoms with Crippen LogP contribution in [0, 0.1) is 17.8 Å². The summed E-state index contributed by atoms with van der Waals surface area (Å²) >= 11 is 0. The molecule has 4 nitrogen and oxygen atoms in total. The zero-order valence-electron chi connectivity index (χ0n) is 14.9. The molecule has 0 aliphatic heterocycles. The van der Waals surface area contributed by atoms with Crippen molar-refractivity contribution in [3.63, 3.8) is 0 Å². The second kappa shape index (κ2) is 10.2. The fourth-order valence-electron chi connectivity index (χ4n) is 5.03. The molecule has 0 saturated heterocycles. The maximum Gasteiger partial charge on any atom is 0.223 e. The Bertz CT molecular complexity index is 376. The van der Waals surface area contributed by atoms with Crippen LogP contribution in [0.2, 0.25) is 0 Å². The van der Waals surface area contributed by atoms with E-state index in [1.54, 1.807) is 0 Å². The first kappa shape index (κ1) is 22.0. The van der Waals surface area contributed by atoms with Crippen molar-refractivity contribution in [3.8, 4) is 0 Å². The number of rotatable bonds is 5. The van der Waals surface area contributed by atoms with E-state index in [2.05, 4.69) is 17.3 Å². The number of nitrogens with two attached hydrogens (primary N) is 1. The van der Waals surface area contributed by atoms with Gasteiger partial charge in [-0.2, -0.15) is 0 Å². The lowest BCUT2D eigenvalue weighted by atomic mass is 9.65. The average molecular weight is 380 g/mol. The molecule has 0 aromatic carbocycles. The number of fused-ring (bicyclic) bond motifs is 2. The Labute approximate surface area is 159 Å². The second-order valence-electron chi connectivity index (χ2n) is 7.91. The zero-order valence-corrected chi connectivity index (χ0v) is 16.5. The smallest absolute Gasteiger partial charge is 0.223 e. The first-order valence-corrected chi connectivity index (χ1v) is 9.38. The lowest BCUT2D eigenvalue weighted by Gasteiger charge is -2.43. The summed E-state index contributed by atoms with van der Waals surface area (Å²) in [5.41, 5.74) is 6.32. The molecule has 3 rings (SSSR count). The summed E-state index contributed by atoms with van der Waals surface area (Å²) in [5.74, 6) is 1.67. The van der Waals surface area contributed by atoms with E-state index in [-0.39, 0.29) is 36.6 Å². The number of carbonyl (C=O) groups is 1. The maximum absolute atomic E-state index is 12.5. The van der Waals surface area contributed by atoms with Gasteiger partial charge in [-0.05, 0) is 57.4 Å². The minimum Gasteiger partial charge on any atom is -0.355 e. The van der Waals surface area contributed by atoms with Gasteiger partial charge in [0.1, 0.15) is 0 Å². The summed E-state index contributed by atoms with van der Waals surface area (Å²) in [4.78, 5) is 14.9. The van der Waals surface area contributed by atoms with E-state index < -0.39 is 0 Å². The van der Waals surface area contributed by atoms with Crippen LogP contribution < -0.4 is 11.1 Å². The highest BCUT2D eigenvalue weighted by molar-refractivity contribution is 5.85. The molecule has 24 heavy (non-hydrogen) atoms. The van der Waals surface area contributed by atoms with Gasteiger partial charge in [-0.25, -0.2) is 0 Å². The van der Waals surface area contributed by atoms with Crippen molar-refractivity contribution in [3.05, 3.63) is 0 Å². The minimum atomic E-state index is 0. The molecule has 0 spiro atoms.